The standard InChI is InChI=1S/C33H37F3N6O2/c1-3-25-18-29-24(17-26(19-39-29)44-30-8-10-38-32-27(30)7-9-37-32)21-42(25)31(43)16-22-5-6-23(28(15-22)33(34,35)36)20-41-13-11-40(4-2)12-14-41/h5-10,15,17,19,25H,3-4,11-14,16,18,20-21H2,1-2H3,(H,37,38)/t25-/m1/s1. The first kappa shape index (κ1) is 30.1. The number of H-pyrrole nitrogens is 1. The second kappa shape index (κ2) is 12.6. The maximum absolute atomic E-state index is 14.2. The third-order valence-corrected chi connectivity index (χ3v) is 8.83. The molecule has 0 bridgehead atoms. The number of aromatic nitrogens is 3. The number of rotatable bonds is 8. The Kier molecular flexibility index (Phi) is 8.59. The molecule has 8 nitrogen and oxygen atoms in total. The zero-order chi connectivity index (χ0) is 30.8. The van der Waals surface area contributed by atoms with Gasteiger partial charge in [-0.2, -0.15) is 13.2 Å². The Labute approximate surface area is 254 Å². The molecule has 5 heterocycles. The van der Waals surface area contributed by atoms with Gasteiger partial charge in [-0.05, 0) is 53.9 Å². The number of hydrogen-bond donors (Lipinski definition) is 1. The van der Waals surface area contributed by atoms with Gasteiger partial charge in [0.1, 0.15) is 17.1 Å². The minimum atomic E-state index is -4.50. The molecule has 1 fully saturated rings. The van der Waals surface area contributed by atoms with E-state index in [0.717, 1.165) is 49.4 Å². The van der Waals surface area contributed by atoms with Crippen LogP contribution in [-0.2, 0) is 36.9 Å². The van der Waals surface area contributed by atoms with Crippen LogP contribution in [0, 0.1) is 0 Å². The van der Waals surface area contributed by atoms with Crippen molar-refractivity contribution in [3.05, 3.63) is 82.9 Å². The number of pyridine rings is 2. The van der Waals surface area contributed by atoms with E-state index in [4.69, 9.17) is 4.74 Å². The van der Waals surface area contributed by atoms with Crippen molar-refractivity contribution < 1.29 is 22.7 Å². The smallest absolute Gasteiger partial charge is 0.416 e. The number of nitrogens with one attached hydrogen (secondary N) is 1. The van der Waals surface area contributed by atoms with E-state index >= 15 is 0 Å². The van der Waals surface area contributed by atoms with Gasteiger partial charge in [-0.15, -0.1) is 0 Å². The van der Waals surface area contributed by atoms with E-state index in [1.807, 2.05) is 19.1 Å². The molecule has 0 aliphatic carbocycles. The Morgan fingerprint density at radius 1 is 1.05 bits per heavy atom. The monoisotopic (exact) mass is 606 g/mol. The Hall–Kier alpha value is -3.96. The molecule has 2 aliphatic heterocycles. The number of nitrogens with zero attached hydrogens (tertiary/aromatic N) is 5. The quantitative estimate of drug-likeness (QED) is 0.273. The van der Waals surface area contributed by atoms with Gasteiger partial charge in [0.25, 0.3) is 0 Å². The molecule has 11 heteroatoms. The minimum absolute atomic E-state index is 0.0860. The van der Waals surface area contributed by atoms with Crippen LogP contribution < -0.4 is 4.74 Å². The number of carbonyl (C=O) groups excluding carboxylic acids is 1. The molecule has 0 unspecified atom stereocenters. The van der Waals surface area contributed by atoms with Crippen molar-refractivity contribution >= 4 is 16.9 Å². The summed E-state index contributed by atoms with van der Waals surface area (Å²) in [5.74, 6) is 0.982. The lowest BCUT2D eigenvalue weighted by Gasteiger charge is -2.36. The normalized spacial score (nSPS) is 18.0. The molecule has 1 atom stereocenters. The first-order valence-electron chi connectivity index (χ1n) is 15.2. The Morgan fingerprint density at radius 2 is 1.84 bits per heavy atom. The van der Waals surface area contributed by atoms with Gasteiger partial charge in [0.2, 0.25) is 5.91 Å². The maximum atomic E-state index is 14.2. The van der Waals surface area contributed by atoms with E-state index in [1.54, 1.807) is 41.7 Å². The van der Waals surface area contributed by atoms with Crippen LogP contribution in [0.3, 0.4) is 0 Å². The van der Waals surface area contributed by atoms with E-state index in [9.17, 15) is 18.0 Å². The average Bonchev–Trinajstić information content (AvgIpc) is 3.51. The van der Waals surface area contributed by atoms with Crippen molar-refractivity contribution in [1.82, 2.24) is 29.7 Å². The number of ether oxygens (including phenoxy) is 1. The molecule has 1 aromatic carbocycles. The van der Waals surface area contributed by atoms with Crippen LogP contribution in [0.25, 0.3) is 11.0 Å². The molecule has 232 valence electrons. The fourth-order valence-electron chi connectivity index (χ4n) is 6.26. The van der Waals surface area contributed by atoms with Crippen molar-refractivity contribution in [1.29, 1.82) is 0 Å². The van der Waals surface area contributed by atoms with Crippen molar-refractivity contribution in [2.75, 3.05) is 32.7 Å². The summed E-state index contributed by atoms with van der Waals surface area (Å²) in [5.41, 5.74) is 2.45. The molecule has 4 aromatic rings. The van der Waals surface area contributed by atoms with Crippen molar-refractivity contribution in [3.63, 3.8) is 0 Å². The van der Waals surface area contributed by atoms with Crippen LogP contribution in [0.5, 0.6) is 11.5 Å². The molecule has 0 saturated carbocycles. The molecule has 0 radical (unpaired) electrons. The molecular formula is C33H37F3N6O2. The van der Waals surface area contributed by atoms with Crippen molar-refractivity contribution in [2.45, 2.75) is 58.4 Å². The average molecular weight is 607 g/mol. The fraction of sp³-hybridized carbons (Fsp3) is 0.424. The summed E-state index contributed by atoms with van der Waals surface area (Å²) >= 11 is 0. The van der Waals surface area contributed by atoms with Gasteiger partial charge in [0, 0.05) is 69.8 Å². The number of aromatic amines is 1. The summed E-state index contributed by atoms with van der Waals surface area (Å²) in [7, 11) is 0. The minimum Gasteiger partial charge on any atom is -0.455 e. The number of fused-ring (bicyclic) bond motifs is 2. The van der Waals surface area contributed by atoms with E-state index in [2.05, 4.69) is 31.7 Å². The first-order valence-corrected chi connectivity index (χ1v) is 15.2. The number of likely N-dealkylation sites (N-methyl/N-ethyl adjacent to an activating group) is 1. The van der Waals surface area contributed by atoms with Gasteiger partial charge >= 0.3 is 6.18 Å². The second-order valence-electron chi connectivity index (χ2n) is 11.6. The van der Waals surface area contributed by atoms with Crippen molar-refractivity contribution in [2.24, 2.45) is 0 Å². The van der Waals surface area contributed by atoms with Crippen LogP contribution in [-0.4, -0.2) is 74.3 Å². The van der Waals surface area contributed by atoms with Crippen molar-refractivity contribution in [3.8, 4) is 11.5 Å². The summed E-state index contributed by atoms with van der Waals surface area (Å²) in [6.45, 7) is 8.79. The molecule has 3 aromatic heterocycles. The number of carbonyl (C=O) groups is 1. The summed E-state index contributed by atoms with van der Waals surface area (Å²) in [6.07, 6.45) is 1.83. The summed E-state index contributed by atoms with van der Waals surface area (Å²) in [6, 6.07) is 9.87. The van der Waals surface area contributed by atoms with Gasteiger partial charge in [-0.1, -0.05) is 26.0 Å². The van der Waals surface area contributed by atoms with Crippen LogP contribution in [0.1, 0.15) is 48.2 Å². The maximum Gasteiger partial charge on any atom is 0.416 e. The van der Waals surface area contributed by atoms with E-state index in [-0.39, 0.29) is 30.5 Å². The second-order valence-corrected chi connectivity index (χ2v) is 11.6. The van der Waals surface area contributed by atoms with E-state index in [0.29, 0.717) is 42.1 Å². The first-order chi connectivity index (χ1) is 21.2. The zero-order valence-corrected chi connectivity index (χ0v) is 25.0. The Morgan fingerprint density at radius 3 is 2.59 bits per heavy atom. The van der Waals surface area contributed by atoms with E-state index in [1.165, 1.54) is 6.07 Å². The number of benzene rings is 1. The van der Waals surface area contributed by atoms with Crippen LogP contribution in [0.15, 0.2) is 55.0 Å². The number of amides is 1. The molecular weight excluding hydrogens is 569 g/mol. The third kappa shape index (κ3) is 6.44. The third-order valence-electron chi connectivity index (χ3n) is 8.83. The van der Waals surface area contributed by atoms with Gasteiger partial charge in [-0.3, -0.25) is 14.7 Å². The predicted octanol–water partition coefficient (Wildman–Crippen LogP) is 5.81. The highest BCUT2D eigenvalue weighted by molar-refractivity contribution is 5.82. The largest absolute Gasteiger partial charge is 0.455 e. The van der Waals surface area contributed by atoms with Gasteiger partial charge in [0.15, 0.2) is 0 Å². The lowest BCUT2D eigenvalue weighted by Crippen LogP contribution is -2.45. The number of piperazine rings is 1. The van der Waals surface area contributed by atoms with Crippen LogP contribution in [0.2, 0.25) is 0 Å². The fourth-order valence-corrected chi connectivity index (χ4v) is 6.26. The molecule has 6 rings (SSSR count). The van der Waals surface area contributed by atoms with Crippen LogP contribution >= 0.6 is 0 Å². The highest BCUT2D eigenvalue weighted by Crippen LogP contribution is 2.35. The summed E-state index contributed by atoms with van der Waals surface area (Å²) in [5, 5.41) is 0.844. The number of halogens is 3. The predicted molar refractivity (Wildman–Crippen MR) is 161 cm³/mol. The van der Waals surface area contributed by atoms with Gasteiger partial charge in [0.05, 0.1) is 23.6 Å². The number of alkyl halides is 3. The Bertz CT molecular complexity index is 1630. The zero-order valence-electron chi connectivity index (χ0n) is 25.0. The van der Waals surface area contributed by atoms with Crippen LogP contribution in [0.4, 0.5) is 13.2 Å². The van der Waals surface area contributed by atoms with Gasteiger partial charge in [-0.25, -0.2) is 4.98 Å². The molecule has 0 spiro atoms. The highest BCUT2D eigenvalue weighted by atomic mass is 19.4. The molecule has 1 amide bonds. The lowest BCUT2D eigenvalue weighted by atomic mass is 9.95. The number of hydrogen-bond acceptors (Lipinski definition) is 6. The molecule has 1 saturated heterocycles. The Balaban J connectivity index is 1.18. The topological polar surface area (TPSA) is 77.6 Å². The SMILES string of the molecule is CC[C@@H]1Cc2ncc(Oc3ccnc4[nH]ccc34)cc2CN1C(=O)Cc1ccc(CN2CCN(CC)CC2)c(C(F)(F)F)c1. The molecule has 1 N–H and O–H groups in total. The van der Waals surface area contributed by atoms with E-state index < -0.39 is 11.7 Å². The lowest BCUT2D eigenvalue weighted by molar-refractivity contribution is -0.139. The molecule has 2 aliphatic rings. The summed E-state index contributed by atoms with van der Waals surface area (Å²) in [4.78, 5) is 31.8. The van der Waals surface area contributed by atoms with Gasteiger partial charge < -0.3 is 19.5 Å². The summed E-state index contributed by atoms with van der Waals surface area (Å²) < 4.78 is 48.7. The molecule has 44 heavy (non-hydrogen) atoms. The highest BCUT2D eigenvalue weighted by Gasteiger charge is 2.35.